The summed E-state index contributed by atoms with van der Waals surface area (Å²) >= 11 is 0. The lowest BCUT2D eigenvalue weighted by Crippen LogP contribution is -2.65. The summed E-state index contributed by atoms with van der Waals surface area (Å²) in [6.07, 6.45) is -23.9. The fourth-order valence-electron chi connectivity index (χ4n) is 4.25. The average Bonchev–Trinajstić information content (AvgIpc) is 2.89. The van der Waals surface area contributed by atoms with Gasteiger partial charge in [-0.3, -0.25) is 0 Å². The molecule has 0 spiro atoms. The second-order valence-corrected chi connectivity index (χ2v) is 9.01. The quantitative estimate of drug-likeness (QED) is 0.121. The molecule has 0 aromatic rings. The van der Waals surface area contributed by atoms with Crippen LogP contribution in [0.15, 0.2) is 0 Å². The van der Waals surface area contributed by atoms with Gasteiger partial charge in [-0.25, -0.2) is 0 Å². The van der Waals surface area contributed by atoms with E-state index in [-0.39, 0.29) is 13.2 Å². The summed E-state index contributed by atoms with van der Waals surface area (Å²) in [4.78, 5) is 0. The molecular weight excluding hydrogens is 510 g/mol. The van der Waals surface area contributed by atoms with Crippen LogP contribution in [0.5, 0.6) is 0 Å². The van der Waals surface area contributed by atoms with Crippen molar-refractivity contribution in [2.75, 3.05) is 33.0 Å². The summed E-state index contributed by atoms with van der Waals surface area (Å²) in [6.45, 7) is -2.01. The van der Waals surface area contributed by atoms with Crippen molar-refractivity contribution in [1.29, 1.82) is 0 Å². The molecule has 3 heterocycles. The van der Waals surface area contributed by atoms with Crippen LogP contribution < -0.4 is 5.73 Å². The first-order chi connectivity index (χ1) is 17.5. The van der Waals surface area contributed by atoms with Crippen LogP contribution in [0.3, 0.4) is 0 Å². The molecule has 3 fully saturated rings. The third-order valence-electron chi connectivity index (χ3n) is 6.45. The van der Waals surface area contributed by atoms with Crippen LogP contribution in [-0.4, -0.2) is 176 Å². The van der Waals surface area contributed by atoms with Gasteiger partial charge in [0.1, 0.15) is 73.2 Å². The molecule has 0 amide bonds. The van der Waals surface area contributed by atoms with Gasteiger partial charge >= 0.3 is 0 Å². The Balaban J connectivity index is 1.73. The van der Waals surface area contributed by atoms with Crippen LogP contribution in [0, 0.1) is 0 Å². The molecule has 218 valence electrons. The minimum absolute atomic E-state index is 0.0411. The molecule has 3 aliphatic rings. The summed E-state index contributed by atoms with van der Waals surface area (Å²) in [5.74, 6) is 0. The summed E-state index contributed by atoms with van der Waals surface area (Å²) in [5, 5.41) is 101. The Kier molecular flexibility index (Phi) is 11.3. The van der Waals surface area contributed by atoms with Crippen molar-refractivity contribution in [3.63, 3.8) is 0 Å². The average molecular weight is 548 g/mol. The van der Waals surface area contributed by atoms with Gasteiger partial charge in [0.15, 0.2) is 18.9 Å². The molecule has 0 aromatic carbocycles. The molecule has 0 bridgehead atoms. The Hall–Kier alpha value is -0.680. The third kappa shape index (κ3) is 6.73. The van der Waals surface area contributed by atoms with E-state index in [2.05, 4.69) is 0 Å². The van der Waals surface area contributed by atoms with Gasteiger partial charge in [-0.2, -0.15) is 0 Å². The second kappa shape index (κ2) is 13.6. The Morgan fingerprint density at radius 2 is 1.03 bits per heavy atom. The first-order valence-electron chi connectivity index (χ1n) is 11.8. The molecule has 0 aliphatic carbocycles. The fourth-order valence-corrected chi connectivity index (χ4v) is 4.25. The van der Waals surface area contributed by atoms with E-state index < -0.39 is 112 Å². The molecule has 37 heavy (non-hydrogen) atoms. The van der Waals surface area contributed by atoms with Gasteiger partial charge in [0.05, 0.1) is 26.4 Å². The van der Waals surface area contributed by atoms with Crippen LogP contribution in [0.4, 0.5) is 0 Å². The number of hydrogen-bond acceptors (Lipinski definition) is 17. The fraction of sp³-hybridized carbons (Fsp3) is 1.00. The Morgan fingerprint density at radius 3 is 1.57 bits per heavy atom. The van der Waals surface area contributed by atoms with Crippen molar-refractivity contribution in [2.24, 2.45) is 5.73 Å². The Bertz CT molecular complexity index is 689. The maximum Gasteiger partial charge on any atom is 0.187 e. The van der Waals surface area contributed by atoms with E-state index in [1.165, 1.54) is 0 Å². The van der Waals surface area contributed by atoms with E-state index in [0.717, 1.165) is 0 Å². The van der Waals surface area contributed by atoms with Crippen molar-refractivity contribution in [3.8, 4) is 0 Å². The first-order valence-corrected chi connectivity index (χ1v) is 11.8. The number of aliphatic hydroxyl groups excluding tert-OH is 10. The highest BCUT2D eigenvalue weighted by Crippen LogP contribution is 2.30. The molecule has 17 nitrogen and oxygen atoms in total. The molecule has 12 N–H and O–H groups in total. The van der Waals surface area contributed by atoms with Gasteiger partial charge in [0.2, 0.25) is 0 Å². The zero-order valence-corrected chi connectivity index (χ0v) is 19.7. The molecule has 3 saturated heterocycles. The van der Waals surface area contributed by atoms with Crippen molar-refractivity contribution >= 4 is 0 Å². The molecule has 0 aromatic heterocycles. The number of hydrogen-bond donors (Lipinski definition) is 11. The largest absolute Gasteiger partial charge is 0.394 e. The molecule has 17 heteroatoms. The molecule has 3 rings (SSSR count). The molecule has 3 aliphatic heterocycles. The SMILES string of the molecule is NCCO[C@H]1OC(CO[C@H]2OC(CO)[C@@H](O)C(O)C2O)[C@@H](O)C(O[C@H]2OC(CO)[C@@H](O)C(O)C2O)C1O. The minimum Gasteiger partial charge on any atom is -0.394 e. The maximum atomic E-state index is 10.9. The summed E-state index contributed by atoms with van der Waals surface area (Å²) < 4.78 is 32.4. The zero-order chi connectivity index (χ0) is 27.4. The predicted octanol–water partition coefficient (Wildman–Crippen LogP) is -7.59. The highest BCUT2D eigenvalue weighted by Gasteiger charge is 2.52. The van der Waals surface area contributed by atoms with E-state index in [0.29, 0.717) is 0 Å². The summed E-state index contributed by atoms with van der Waals surface area (Å²) in [5.41, 5.74) is 5.43. The van der Waals surface area contributed by atoms with E-state index >= 15 is 0 Å². The van der Waals surface area contributed by atoms with Crippen molar-refractivity contribution < 1.29 is 79.5 Å². The van der Waals surface area contributed by atoms with Crippen LogP contribution in [0.25, 0.3) is 0 Å². The highest BCUT2D eigenvalue weighted by atomic mass is 16.7. The van der Waals surface area contributed by atoms with Crippen molar-refractivity contribution in [1.82, 2.24) is 0 Å². The van der Waals surface area contributed by atoms with Crippen LogP contribution in [0.2, 0.25) is 0 Å². The standard InChI is InChI=1S/C20H37NO16/c21-1-2-32-19-16(31)17(37-20-15(30)13(28)10(25)7(4-23)35-20)11(26)8(36-19)5-33-18-14(29)12(27)9(24)6(3-22)34-18/h6-20,22-31H,1-5,21H2/t6?,7?,8?,9-,10-,11-,12?,13?,14?,15?,16?,17?,18+,19+,20-/m1/s1. The van der Waals surface area contributed by atoms with E-state index in [1.54, 1.807) is 0 Å². The first kappa shape index (κ1) is 30.9. The monoisotopic (exact) mass is 547 g/mol. The maximum absolute atomic E-state index is 10.9. The number of nitrogens with two attached hydrogens (primary N) is 1. The van der Waals surface area contributed by atoms with E-state index in [4.69, 9.17) is 34.2 Å². The van der Waals surface area contributed by atoms with Crippen molar-refractivity contribution in [2.45, 2.75) is 92.1 Å². The lowest BCUT2D eigenvalue weighted by molar-refractivity contribution is -0.365. The lowest BCUT2D eigenvalue weighted by Gasteiger charge is -2.46. The minimum atomic E-state index is -1.83. The molecular formula is C20H37NO16. The molecule has 9 unspecified atom stereocenters. The van der Waals surface area contributed by atoms with Gasteiger partial charge in [-0.05, 0) is 0 Å². The van der Waals surface area contributed by atoms with Gasteiger partial charge in [0, 0.05) is 6.54 Å². The summed E-state index contributed by atoms with van der Waals surface area (Å²) in [6, 6.07) is 0. The number of rotatable bonds is 10. The van der Waals surface area contributed by atoms with Crippen LogP contribution in [-0.2, 0) is 28.4 Å². The summed E-state index contributed by atoms with van der Waals surface area (Å²) in [7, 11) is 0. The topological polar surface area (TPSA) is 284 Å². The Morgan fingerprint density at radius 1 is 0.541 bits per heavy atom. The van der Waals surface area contributed by atoms with Crippen LogP contribution >= 0.6 is 0 Å². The second-order valence-electron chi connectivity index (χ2n) is 9.01. The van der Waals surface area contributed by atoms with E-state index in [1.807, 2.05) is 0 Å². The van der Waals surface area contributed by atoms with E-state index in [9.17, 15) is 51.1 Å². The number of ether oxygens (including phenoxy) is 6. The Labute approximate surface area is 211 Å². The lowest BCUT2D eigenvalue weighted by atomic mass is 9.96. The zero-order valence-electron chi connectivity index (χ0n) is 19.7. The molecule has 0 saturated carbocycles. The van der Waals surface area contributed by atoms with Gasteiger partial charge in [-0.1, -0.05) is 0 Å². The smallest absolute Gasteiger partial charge is 0.187 e. The van der Waals surface area contributed by atoms with Crippen LogP contribution in [0.1, 0.15) is 0 Å². The number of aliphatic hydroxyl groups is 10. The molecule has 15 atom stereocenters. The third-order valence-corrected chi connectivity index (χ3v) is 6.45. The normalized spacial score (nSPS) is 49.2. The van der Waals surface area contributed by atoms with Crippen molar-refractivity contribution in [3.05, 3.63) is 0 Å². The van der Waals surface area contributed by atoms with Gasteiger partial charge in [0.25, 0.3) is 0 Å². The highest BCUT2D eigenvalue weighted by molar-refractivity contribution is 4.95. The van der Waals surface area contributed by atoms with Gasteiger partial charge in [-0.15, -0.1) is 0 Å². The van der Waals surface area contributed by atoms with Gasteiger partial charge < -0.3 is 85.2 Å². The predicted molar refractivity (Wildman–Crippen MR) is 114 cm³/mol. The molecule has 0 radical (unpaired) electrons.